The molecule has 0 unspecified atom stereocenters. The second-order valence-electron chi connectivity index (χ2n) is 8.99. The van der Waals surface area contributed by atoms with Crippen molar-refractivity contribution >= 4 is 11.9 Å². The number of hydrogen-bond acceptors (Lipinski definition) is 4. The molecule has 37 heavy (non-hydrogen) atoms. The second-order valence-corrected chi connectivity index (χ2v) is 8.99. The largest absolute Gasteiger partial charge is 0.467 e. The van der Waals surface area contributed by atoms with Crippen LogP contribution in [0.2, 0.25) is 0 Å². The summed E-state index contributed by atoms with van der Waals surface area (Å²) >= 11 is 0. The number of methoxy groups -OCH3 is 1. The molecular formula is C32H32N2O3. The van der Waals surface area contributed by atoms with Crippen molar-refractivity contribution in [2.24, 2.45) is 0 Å². The molecule has 0 spiro atoms. The summed E-state index contributed by atoms with van der Waals surface area (Å²) in [6.45, 7) is 1.63. The predicted molar refractivity (Wildman–Crippen MR) is 146 cm³/mol. The number of rotatable bonds is 10. The number of esters is 1. The van der Waals surface area contributed by atoms with Gasteiger partial charge in [0, 0.05) is 0 Å². The minimum atomic E-state index is -0.838. The van der Waals surface area contributed by atoms with Crippen molar-refractivity contribution in [3.63, 3.8) is 0 Å². The van der Waals surface area contributed by atoms with Crippen LogP contribution < -0.4 is 10.6 Å². The Kier molecular flexibility index (Phi) is 8.49. The molecule has 0 aliphatic heterocycles. The fourth-order valence-corrected chi connectivity index (χ4v) is 4.68. The van der Waals surface area contributed by atoms with E-state index in [-0.39, 0.29) is 5.91 Å². The Morgan fingerprint density at radius 3 is 1.51 bits per heavy atom. The van der Waals surface area contributed by atoms with Crippen LogP contribution in [0.3, 0.4) is 0 Å². The van der Waals surface area contributed by atoms with Crippen LogP contribution in [0.4, 0.5) is 0 Å². The Bertz CT molecular complexity index is 1180. The zero-order valence-corrected chi connectivity index (χ0v) is 21.1. The van der Waals surface area contributed by atoms with E-state index in [2.05, 4.69) is 47.0 Å². The van der Waals surface area contributed by atoms with E-state index in [0.717, 1.165) is 22.3 Å². The van der Waals surface area contributed by atoms with Crippen LogP contribution in [-0.2, 0) is 26.3 Å². The van der Waals surface area contributed by atoms with E-state index in [0.29, 0.717) is 6.42 Å². The van der Waals surface area contributed by atoms with Crippen molar-refractivity contribution in [3.8, 4) is 0 Å². The molecule has 2 atom stereocenters. The Morgan fingerprint density at radius 2 is 1.11 bits per heavy atom. The molecule has 1 amide bonds. The Labute approximate surface area is 218 Å². The van der Waals surface area contributed by atoms with Gasteiger partial charge in [-0.2, -0.15) is 0 Å². The highest BCUT2D eigenvalue weighted by atomic mass is 16.5. The number of benzene rings is 4. The molecule has 0 saturated heterocycles. The van der Waals surface area contributed by atoms with Crippen molar-refractivity contribution in [1.29, 1.82) is 0 Å². The molecule has 4 aromatic carbocycles. The highest BCUT2D eigenvalue weighted by Crippen LogP contribution is 2.37. The SMILES string of the molecule is COC(=O)[C@H](C)NC(=O)[C@@H](Cc1ccccc1)NC(c1ccccc1)(c1ccccc1)c1ccccc1. The number of ether oxygens (including phenoxy) is 1. The minimum absolute atomic E-state index is 0.283. The first-order valence-corrected chi connectivity index (χ1v) is 12.4. The standard InChI is InChI=1S/C32H32N2O3/c1-24(31(36)37-2)33-30(35)29(23-25-15-7-3-8-16-25)34-32(26-17-9-4-10-18-26,27-19-11-5-12-20-27)28-21-13-6-14-22-28/h3-22,24,29,34H,23H2,1-2H3,(H,33,35)/t24-,29+/m0/s1. The fourth-order valence-electron chi connectivity index (χ4n) is 4.68. The molecule has 5 nitrogen and oxygen atoms in total. The molecule has 5 heteroatoms. The van der Waals surface area contributed by atoms with Crippen LogP contribution in [0.5, 0.6) is 0 Å². The zero-order valence-electron chi connectivity index (χ0n) is 21.1. The maximum Gasteiger partial charge on any atom is 0.328 e. The summed E-state index contributed by atoms with van der Waals surface area (Å²) in [7, 11) is 1.32. The van der Waals surface area contributed by atoms with E-state index >= 15 is 0 Å². The van der Waals surface area contributed by atoms with Gasteiger partial charge < -0.3 is 10.1 Å². The lowest BCUT2D eigenvalue weighted by atomic mass is 9.76. The summed E-state index contributed by atoms with van der Waals surface area (Å²) in [5, 5.41) is 6.61. The number of carbonyl (C=O) groups excluding carboxylic acids is 2. The van der Waals surface area contributed by atoms with Crippen LogP contribution in [0, 0.1) is 0 Å². The maximum absolute atomic E-state index is 13.8. The van der Waals surface area contributed by atoms with E-state index < -0.39 is 23.6 Å². The number of nitrogens with one attached hydrogen (secondary N) is 2. The van der Waals surface area contributed by atoms with Crippen molar-refractivity contribution in [2.75, 3.05) is 7.11 Å². The van der Waals surface area contributed by atoms with Crippen LogP contribution in [0.25, 0.3) is 0 Å². The van der Waals surface area contributed by atoms with E-state index in [4.69, 9.17) is 4.74 Å². The molecule has 0 radical (unpaired) electrons. The Hall–Kier alpha value is -4.22. The summed E-state index contributed by atoms with van der Waals surface area (Å²) in [4.78, 5) is 25.9. The van der Waals surface area contributed by atoms with Crippen molar-refractivity contribution < 1.29 is 14.3 Å². The normalized spacial score (nSPS) is 12.8. The highest BCUT2D eigenvalue weighted by Gasteiger charge is 2.40. The van der Waals surface area contributed by atoms with Crippen LogP contribution in [0.1, 0.15) is 29.2 Å². The van der Waals surface area contributed by atoms with Crippen LogP contribution in [0.15, 0.2) is 121 Å². The monoisotopic (exact) mass is 492 g/mol. The van der Waals surface area contributed by atoms with Crippen molar-refractivity contribution in [1.82, 2.24) is 10.6 Å². The smallest absolute Gasteiger partial charge is 0.328 e. The summed E-state index contributed by atoms with van der Waals surface area (Å²) in [6, 6.07) is 38.8. The van der Waals surface area contributed by atoms with Gasteiger partial charge in [-0.25, -0.2) is 4.79 Å². The molecule has 0 aliphatic rings. The third-order valence-electron chi connectivity index (χ3n) is 6.52. The molecule has 0 saturated carbocycles. The minimum Gasteiger partial charge on any atom is -0.467 e. The first-order valence-electron chi connectivity index (χ1n) is 12.4. The van der Waals surface area contributed by atoms with Gasteiger partial charge in [0.25, 0.3) is 0 Å². The topological polar surface area (TPSA) is 67.4 Å². The maximum atomic E-state index is 13.8. The molecular weight excluding hydrogens is 460 g/mol. The quantitative estimate of drug-likeness (QED) is 0.245. The third-order valence-corrected chi connectivity index (χ3v) is 6.52. The zero-order chi connectivity index (χ0) is 26.1. The summed E-state index contributed by atoms with van der Waals surface area (Å²) < 4.78 is 4.85. The lowest BCUT2D eigenvalue weighted by Gasteiger charge is -2.40. The van der Waals surface area contributed by atoms with Crippen molar-refractivity contribution in [3.05, 3.63) is 144 Å². The van der Waals surface area contributed by atoms with Gasteiger partial charge in [0.2, 0.25) is 5.91 Å². The number of hydrogen-bond donors (Lipinski definition) is 2. The van der Waals surface area contributed by atoms with Crippen molar-refractivity contribution in [2.45, 2.75) is 31.0 Å². The molecule has 0 heterocycles. The Balaban J connectivity index is 1.86. The van der Waals surface area contributed by atoms with Gasteiger partial charge in [0.15, 0.2) is 0 Å². The molecule has 0 bridgehead atoms. The van der Waals surface area contributed by atoms with E-state index in [1.807, 2.05) is 84.9 Å². The molecule has 2 N–H and O–H groups in total. The molecule has 0 fully saturated rings. The average Bonchev–Trinajstić information content (AvgIpc) is 2.96. The third kappa shape index (κ3) is 5.96. The van der Waals surface area contributed by atoms with Gasteiger partial charge in [-0.15, -0.1) is 0 Å². The van der Waals surface area contributed by atoms with Gasteiger partial charge in [-0.05, 0) is 35.6 Å². The molecule has 4 rings (SSSR count). The lowest BCUT2D eigenvalue weighted by molar-refractivity contribution is -0.144. The van der Waals surface area contributed by atoms with Crippen LogP contribution in [-0.4, -0.2) is 31.1 Å². The summed E-state index contributed by atoms with van der Waals surface area (Å²) in [5.41, 5.74) is 3.16. The van der Waals surface area contributed by atoms with Gasteiger partial charge in [0.05, 0.1) is 18.7 Å². The fraction of sp³-hybridized carbons (Fsp3) is 0.188. The average molecular weight is 493 g/mol. The van der Waals surface area contributed by atoms with E-state index in [1.54, 1.807) is 6.92 Å². The van der Waals surface area contributed by atoms with Crippen LogP contribution >= 0.6 is 0 Å². The predicted octanol–water partition coefficient (Wildman–Crippen LogP) is 4.86. The lowest BCUT2D eigenvalue weighted by Crippen LogP contribution is -2.57. The second kappa shape index (κ2) is 12.2. The highest BCUT2D eigenvalue weighted by molar-refractivity contribution is 5.87. The van der Waals surface area contributed by atoms with E-state index in [9.17, 15) is 9.59 Å². The van der Waals surface area contributed by atoms with Gasteiger partial charge in [0.1, 0.15) is 6.04 Å². The van der Waals surface area contributed by atoms with Gasteiger partial charge in [-0.3, -0.25) is 10.1 Å². The van der Waals surface area contributed by atoms with Gasteiger partial charge in [-0.1, -0.05) is 121 Å². The molecule has 4 aromatic rings. The molecule has 188 valence electrons. The summed E-state index contributed by atoms with van der Waals surface area (Å²) in [5.74, 6) is -0.777. The number of amides is 1. The number of carbonyl (C=O) groups is 2. The molecule has 0 aliphatic carbocycles. The van der Waals surface area contributed by atoms with Gasteiger partial charge >= 0.3 is 5.97 Å². The first kappa shape index (κ1) is 25.9. The van der Waals surface area contributed by atoms with E-state index in [1.165, 1.54) is 7.11 Å². The summed E-state index contributed by atoms with van der Waals surface area (Å²) in [6.07, 6.45) is 0.425. The Morgan fingerprint density at radius 1 is 0.703 bits per heavy atom. The first-order chi connectivity index (χ1) is 18.0. The molecule has 0 aromatic heterocycles.